The lowest BCUT2D eigenvalue weighted by Gasteiger charge is -2.09. The van der Waals surface area contributed by atoms with Gasteiger partial charge in [0.25, 0.3) is 0 Å². The fraction of sp³-hybridized carbons (Fsp3) is 0.364. The standard InChI is InChI=1S/C11H11ClF3NOS/c12-9-6-7(2-3-8(9)10(16)18)17-5-1-4-11(13,14)15/h2-3,6H,1,4-5H2,(H2,16,18). The van der Waals surface area contributed by atoms with Gasteiger partial charge in [-0.3, -0.25) is 0 Å². The van der Waals surface area contributed by atoms with Crippen LogP contribution in [0.5, 0.6) is 5.75 Å². The number of ether oxygens (including phenoxy) is 1. The van der Waals surface area contributed by atoms with E-state index in [0.717, 1.165) is 0 Å². The van der Waals surface area contributed by atoms with E-state index in [-0.39, 0.29) is 18.0 Å². The Hall–Kier alpha value is -1.01. The third-order valence-corrected chi connectivity index (χ3v) is 2.61. The van der Waals surface area contributed by atoms with Crippen LogP contribution in [0.4, 0.5) is 13.2 Å². The number of benzene rings is 1. The molecule has 1 aromatic rings. The summed E-state index contributed by atoms with van der Waals surface area (Å²) in [5.74, 6) is 0.391. The summed E-state index contributed by atoms with van der Waals surface area (Å²) >= 11 is 10.6. The molecule has 18 heavy (non-hydrogen) atoms. The first-order valence-electron chi connectivity index (χ1n) is 5.08. The molecule has 0 bridgehead atoms. The van der Waals surface area contributed by atoms with E-state index in [4.69, 9.17) is 34.3 Å². The highest BCUT2D eigenvalue weighted by atomic mass is 35.5. The normalized spacial score (nSPS) is 11.3. The summed E-state index contributed by atoms with van der Waals surface area (Å²) in [4.78, 5) is 0.156. The van der Waals surface area contributed by atoms with Gasteiger partial charge in [0.15, 0.2) is 0 Å². The molecule has 0 saturated carbocycles. The van der Waals surface area contributed by atoms with E-state index >= 15 is 0 Å². The van der Waals surface area contributed by atoms with Crippen LogP contribution < -0.4 is 10.5 Å². The minimum atomic E-state index is -4.16. The molecule has 2 nitrogen and oxygen atoms in total. The maximum Gasteiger partial charge on any atom is 0.389 e. The molecule has 0 spiro atoms. The molecule has 0 amide bonds. The molecular weight excluding hydrogens is 287 g/mol. The maximum atomic E-state index is 11.9. The molecule has 0 radical (unpaired) electrons. The third kappa shape index (κ3) is 5.10. The molecule has 7 heteroatoms. The van der Waals surface area contributed by atoms with Crippen LogP contribution in [0.3, 0.4) is 0 Å². The second-order valence-corrected chi connectivity index (χ2v) is 4.42. The number of alkyl halides is 3. The quantitative estimate of drug-likeness (QED) is 0.665. The van der Waals surface area contributed by atoms with Crippen molar-refractivity contribution in [3.8, 4) is 5.75 Å². The zero-order chi connectivity index (χ0) is 13.8. The number of hydrogen-bond acceptors (Lipinski definition) is 2. The van der Waals surface area contributed by atoms with Crippen molar-refractivity contribution in [3.05, 3.63) is 28.8 Å². The van der Waals surface area contributed by atoms with Crippen molar-refractivity contribution in [2.45, 2.75) is 19.0 Å². The number of thiocarbonyl (C=S) groups is 1. The van der Waals surface area contributed by atoms with Gasteiger partial charge in [0.1, 0.15) is 10.7 Å². The molecule has 0 fully saturated rings. The first-order valence-corrected chi connectivity index (χ1v) is 5.87. The Labute approximate surface area is 113 Å². The minimum Gasteiger partial charge on any atom is -0.494 e. The molecule has 0 heterocycles. The molecule has 0 aliphatic heterocycles. The molecule has 0 atom stereocenters. The lowest BCUT2D eigenvalue weighted by molar-refractivity contribution is -0.136. The molecule has 2 N–H and O–H groups in total. The average molecular weight is 298 g/mol. The molecule has 1 aromatic carbocycles. The summed E-state index contributed by atoms with van der Waals surface area (Å²) < 4.78 is 40.8. The predicted molar refractivity (Wildman–Crippen MR) is 68.1 cm³/mol. The van der Waals surface area contributed by atoms with Crippen LogP contribution in [0.15, 0.2) is 18.2 Å². The van der Waals surface area contributed by atoms with Crippen LogP contribution in [0, 0.1) is 0 Å². The molecule has 100 valence electrons. The zero-order valence-electron chi connectivity index (χ0n) is 9.26. The summed E-state index contributed by atoms with van der Waals surface area (Å²) in [6.07, 6.45) is -5.12. The average Bonchev–Trinajstić information content (AvgIpc) is 2.22. The van der Waals surface area contributed by atoms with E-state index in [1.165, 1.54) is 6.07 Å². The summed E-state index contributed by atoms with van der Waals surface area (Å²) in [6.45, 7) is -0.0255. The second kappa shape index (κ2) is 6.24. The van der Waals surface area contributed by atoms with Crippen molar-refractivity contribution in [3.63, 3.8) is 0 Å². The van der Waals surface area contributed by atoms with Gasteiger partial charge in [-0.15, -0.1) is 0 Å². The van der Waals surface area contributed by atoms with E-state index < -0.39 is 12.6 Å². The van der Waals surface area contributed by atoms with Gasteiger partial charge in [-0.2, -0.15) is 13.2 Å². The zero-order valence-corrected chi connectivity index (χ0v) is 10.8. The number of nitrogens with two attached hydrogens (primary N) is 1. The van der Waals surface area contributed by atoms with Gasteiger partial charge in [0.2, 0.25) is 0 Å². The molecular formula is C11H11ClF3NOS. The first kappa shape index (κ1) is 15.0. The van der Waals surface area contributed by atoms with Gasteiger partial charge >= 0.3 is 6.18 Å². The summed E-state index contributed by atoms with van der Waals surface area (Å²) in [5, 5.41) is 0.316. The fourth-order valence-corrected chi connectivity index (χ4v) is 1.75. The Balaban J connectivity index is 2.49. The van der Waals surface area contributed by atoms with Gasteiger partial charge < -0.3 is 10.5 Å². The van der Waals surface area contributed by atoms with Crippen molar-refractivity contribution in [1.29, 1.82) is 0 Å². The predicted octanol–water partition coefficient (Wildman–Crippen LogP) is 3.70. The second-order valence-electron chi connectivity index (χ2n) is 3.57. The largest absolute Gasteiger partial charge is 0.494 e. The highest BCUT2D eigenvalue weighted by molar-refractivity contribution is 7.80. The van der Waals surface area contributed by atoms with Crippen molar-refractivity contribution in [1.82, 2.24) is 0 Å². The van der Waals surface area contributed by atoms with Crippen LogP contribution in [0.1, 0.15) is 18.4 Å². The Kier molecular flexibility index (Phi) is 5.22. The Bertz CT molecular complexity index is 437. The molecule has 0 aliphatic rings. The van der Waals surface area contributed by atoms with E-state index in [1.54, 1.807) is 12.1 Å². The van der Waals surface area contributed by atoms with Crippen molar-refractivity contribution >= 4 is 28.8 Å². The Morgan fingerprint density at radius 3 is 2.56 bits per heavy atom. The first-order chi connectivity index (χ1) is 8.29. The van der Waals surface area contributed by atoms with Crippen LogP contribution in [-0.4, -0.2) is 17.8 Å². The summed E-state index contributed by atoms with van der Waals surface area (Å²) in [5.41, 5.74) is 5.92. The molecule has 0 saturated heterocycles. The Morgan fingerprint density at radius 2 is 2.06 bits per heavy atom. The van der Waals surface area contributed by atoms with E-state index in [9.17, 15) is 13.2 Å². The number of halogens is 4. The maximum absolute atomic E-state index is 11.9. The minimum absolute atomic E-state index is 0.0255. The van der Waals surface area contributed by atoms with E-state index in [1.807, 2.05) is 0 Å². The monoisotopic (exact) mass is 297 g/mol. The van der Waals surface area contributed by atoms with Crippen LogP contribution in [-0.2, 0) is 0 Å². The van der Waals surface area contributed by atoms with E-state index in [2.05, 4.69) is 0 Å². The van der Waals surface area contributed by atoms with Gasteiger partial charge in [-0.1, -0.05) is 23.8 Å². The topological polar surface area (TPSA) is 35.2 Å². The smallest absolute Gasteiger partial charge is 0.389 e. The molecule has 0 aliphatic carbocycles. The van der Waals surface area contributed by atoms with Crippen LogP contribution >= 0.6 is 23.8 Å². The van der Waals surface area contributed by atoms with Gasteiger partial charge in [-0.05, 0) is 24.6 Å². The number of hydrogen-bond donors (Lipinski definition) is 1. The summed E-state index contributed by atoms with van der Waals surface area (Å²) in [7, 11) is 0. The van der Waals surface area contributed by atoms with Gasteiger partial charge in [0.05, 0.1) is 11.6 Å². The third-order valence-electron chi connectivity index (χ3n) is 2.08. The SMILES string of the molecule is NC(=S)c1ccc(OCCCC(F)(F)F)cc1Cl. The van der Waals surface area contributed by atoms with Gasteiger partial charge in [0, 0.05) is 12.0 Å². The number of rotatable bonds is 5. The van der Waals surface area contributed by atoms with Crippen molar-refractivity contribution in [2.24, 2.45) is 5.73 Å². The van der Waals surface area contributed by atoms with Gasteiger partial charge in [-0.25, -0.2) is 0 Å². The molecule has 1 rings (SSSR count). The van der Waals surface area contributed by atoms with Crippen molar-refractivity contribution in [2.75, 3.05) is 6.61 Å². The molecule has 0 unspecified atom stereocenters. The lowest BCUT2D eigenvalue weighted by atomic mass is 10.2. The highest BCUT2D eigenvalue weighted by Crippen LogP contribution is 2.24. The Morgan fingerprint density at radius 1 is 1.39 bits per heavy atom. The highest BCUT2D eigenvalue weighted by Gasteiger charge is 2.26. The van der Waals surface area contributed by atoms with E-state index in [0.29, 0.717) is 16.3 Å². The lowest BCUT2D eigenvalue weighted by Crippen LogP contribution is -2.11. The van der Waals surface area contributed by atoms with Crippen LogP contribution in [0.2, 0.25) is 5.02 Å². The van der Waals surface area contributed by atoms with Crippen LogP contribution in [0.25, 0.3) is 0 Å². The fourth-order valence-electron chi connectivity index (χ4n) is 1.25. The van der Waals surface area contributed by atoms with Crippen molar-refractivity contribution < 1.29 is 17.9 Å². The summed E-state index contributed by atoms with van der Waals surface area (Å²) in [6, 6.07) is 4.61. The molecule has 0 aromatic heterocycles.